The fraction of sp³-hybridized carbons (Fsp3) is 0. The molecule has 2 N–H and O–H groups in total. The number of nitrogens with two attached hydrogens (primary N) is 1. The first-order valence-corrected chi connectivity index (χ1v) is 4.97. The van der Waals surface area contributed by atoms with E-state index in [-0.39, 0.29) is 12.4 Å². The lowest BCUT2D eigenvalue weighted by Gasteiger charge is -1.97. The van der Waals surface area contributed by atoms with Gasteiger partial charge in [0, 0.05) is 23.3 Å². The fourth-order valence-corrected chi connectivity index (χ4v) is 2.16. The van der Waals surface area contributed by atoms with Gasteiger partial charge in [-0.25, -0.2) is 0 Å². The van der Waals surface area contributed by atoms with E-state index in [4.69, 9.17) is 17.3 Å². The Labute approximate surface area is 97.1 Å². The molecule has 14 heavy (non-hydrogen) atoms. The van der Waals surface area contributed by atoms with Crippen molar-refractivity contribution in [3.8, 4) is 11.1 Å². The normalized spacial score (nSPS) is 9.50. The van der Waals surface area contributed by atoms with Crippen molar-refractivity contribution in [2.24, 2.45) is 0 Å². The maximum atomic E-state index is 6.01. The number of hydrogen-bond acceptors (Lipinski definition) is 3. The van der Waals surface area contributed by atoms with E-state index in [1.807, 2.05) is 17.5 Å². The molecule has 0 fully saturated rings. The lowest BCUT2D eigenvalue weighted by atomic mass is 10.1. The summed E-state index contributed by atoms with van der Waals surface area (Å²) in [7, 11) is 0. The maximum absolute atomic E-state index is 6.01. The minimum absolute atomic E-state index is 0. The van der Waals surface area contributed by atoms with Gasteiger partial charge < -0.3 is 18.1 Å². The van der Waals surface area contributed by atoms with Crippen LogP contribution in [0.4, 0.5) is 5.00 Å². The second-order valence-corrected chi connectivity index (χ2v) is 3.85. The molecule has 0 radical (unpaired) electrons. The third-order valence-corrected chi connectivity index (χ3v) is 3.08. The Hall–Kier alpha value is -0.770. The van der Waals surface area contributed by atoms with Crippen LogP contribution in [-0.2, 0) is 0 Å². The van der Waals surface area contributed by atoms with E-state index in [9.17, 15) is 0 Å². The molecule has 0 aliphatic carbocycles. The number of thiophene rings is 1. The zero-order chi connectivity index (χ0) is 9.26. The van der Waals surface area contributed by atoms with Gasteiger partial charge in [0.05, 0.1) is 5.02 Å². The molecule has 5 heteroatoms. The highest BCUT2D eigenvalue weighted by Crippen LogP contribution is 2.37. The van der Waals surface area contributed by atoms with Crippen molar-refractivity contribution in [1.29, 1.82) is 0 Å². The van der Waals surface area contributed by atoms with Crippen molar-refractivity contribution < 1.29 is 12.4 Å². The van der Waals surface area contributed by atoms with Crippen molar-refractivity contribution in [2.75, 3.05) is 5.73 Å². The molecular weight excluding hydrogens is 239 g/mol. The van der Waals surface area contributed by atoms with Crippen molar-refractivity contribution in [1.82, 2.24) is 4.98 Å². The molecule has 0 bridgehead atoms. The molecule has 2 aromatic rings. The zero-order valence-corrected chi connectivity index (χ0v) is 9.40. The summed E-state index contributed by atoms with van der Waals surface area (Å²) < 4.78 is 0. The predicted octanol–water partition coefficient (Wildman–Crippen LogP) is 0.0497. The van der Waals surface area contributed by atoms with Crippen molar-refractivity contribution in [2.45, 2.75) is 0 Å². The highest BCUT2D eigenvalue weighted by Gasteiger charge is 2.07. The van der Waals surface area contributed by atoms with E-state index in [0.717, 1.165) is 11.1 Å². The van der Waals surface area contributed by atoms with E-state index in [1.165, 1.54) is 11.3 Å². The first-order chi connectivity index (χ1) is 6.29. The first kappa shape index (κ1) is 11.3. The Morgan fingerprint density at radius 1 is 1.29 bits per heavy atom. The molecule has 0 amide bonds. The van der Waals surface area contributed by atoms with Gasteiger partial charge in [-0.05, 0) is 17.7 Å². The van der Waals surface area contributed by atoms with E-state index < -0.39 is 0 Å². The van der Waals surface area contributed by atoms with Crippen LogP contribution in [0.5, 0.6) is 0 Å². The van der Waals surface area contributed by atoms with Gasteiger partial charge in [0.1, 0.15) is 5.00 Å². The second-order valence-electron chi connectivity index (χ2n) is 2.56. The highest BCUT2D eigenvalue weighted by atomic mass is 35.5. The summed E-state index contributed by atoms with van der Waals surface area (Å²) in [6, 6.07) is 3.82. The van der Waals surface area contributed by atoms with Crippen LogP contribution < -0.4 is 18.1 Å². The third kappa shape index (κ3) is 2.00. The zero-order valence-electron chi connectivity index (χ0n) is 7.08. The number of pyridine rings is 1. The number of halogens is 2. The summed E-state index contributed by atoms with van der Waals surface area (Å²) in [5.41, 5.74) is 7.68. The molecule has 2 heterocycles. The van der Waals surface area contributed by atoms with Crippen molar-refractivity contribution in [3.63, 3.8) is 0 Å². The lowest BCUT2D eigenvalue weighted by molar-refractivity contribution is -0.00000247. The molecule has 0 atom stereocenters. The van der Waals surface area contributed by atoms with E-state index in [1.54, 1.807) is 12.4 Å². The topological polar surface area (TPSA) is 38.9 Å². The van der Waals surface area contributed by atoms with Gasteiger partial charge in [0.15, 0.2) is 0 Å². The van der Waals surface area contributed by atoms with Crippen LogP contribution in [0.2, 0.25) is 5.02 Å². The SMILES string of the molecule is Nc1scc(-c2ccncc2)c1Cl.[Cl-]. The van der Waals surface area contributed by atoms with Gasteiger partial charge in [-0.1, -0.05) is 11.6 Å². The van der Waals surface area contributed by atoms with Crippen molar-refractivity contribution >= 4 is 27.9 Å². The monoisotopic (exact) mass is 245 g/mol. The van der Waals surface area contributed by atoms with Crippen LogP contribution in [0.1, 0.15) is 0 Å². The van der Waals surface area contributed by atoms with E-state index in [2.05, 4.69) is 4.98 Å². The molecular formula is C9H7Cl2N2S-. The molecule has 2 aromatic heterocycles. The van der Waals surface area contributed by atoms with Crippen LogP contribution in [0.15, 0.2) is 29.9 Å². The molecule has 0 aromatic carbocycles. The van der Waals surface area contributed by atoms with E-state index >= 15 is 0 Å². The Morgan fingerprint density at radius 3 is 2.43 bits per heavy atom. The molecule has 0 saturated heterocycles. The van der Waals surface area contributed by atoms with Gasteiger partial charge in [0.25, 0.3) is 0 Å². The minimum atomic E-state index is 0. The Balaban J connectivity index is 0.000000980. The number of nitrogens with zero attached hydrogens (tertiary/aromatic N) is 1. The summed E-state index contributed by atoms with van der Waals surface area (Å²) in [5, 5.41) is 3.25. The summed E-state index contributed by atoms with van der Waals surface area (Å²) >= 11 is 7.46. The van der Waals surface area contributed by atoms with Gasteiger partial charge >= 0.3 is 0 Å². The van der Waals surface area contributed by atoms with E-state index in [0.29, 0.717) is 10.0 Å². The minimum Gasteiger partial charge on any atom is -1.00 e. The molecule has 2 nitrogen and oxygen atoms in total. The van der Waals surface area contributed by atoms with Crippen LogP contribution >= 0.6 is 22.9 Å². The lowest BCUT2D eigenvalue weighted by Crippen LogP contribution is -3.00. The number of hydrogen-bond donors (Lipinski definition) is 1. The number of anilines is 1. The predicted molar refractivity (Wildman–Crippen MR) is 57.0 cm³/mol. The molecule has 0 unspecified atom stereocenters. The Morgan fingerprint density at radius 2 is 1.93 bits per heavy atom. The first-order valence-electron chi connectivity index (χ1n) is 3.72. The van der Waals surface area contributed by atoms with Gasteiger partial charge in [0.2, 0.25) is 0 Å². The number of aromatic nitrogens is 1. The molecule has 0 saturated carbocycles. The largest absolute Gasteiger partial charge is 1.00 e. The maximum Gasteiger partial charge on any atom is 0.105 e. The molecule has 0 aliphatic heterocycles. The van der Waals surface area contributed by atoms with Crippen LogP contribution in [0.3, 0.4) is 0 Å². The number of nitrogen functional groups attached to an aromatic ring is 1. The van der Waals surface area contributed by atoms with Gasteiger partial charge in [-0.3, -0.25) is 4.98 Å². The average molecular weight is 246 g/mol. The molecule has 2 rings (SSSR count). The average Bonchev–Trinajstić information content (AvgIpc) is 2.49. The summed E-state index contributed by atoms with van der Waals surface area (Å²) in [5.74, 6) is 0. The Bertz CT molecular complexity index is 414. The highest BCUT2D eigenvalue weighted by molar-refractivity contribution is 7.15. The molecule has 0 aliphatic rings. The smallest absolute Gasteiger partial charge is 0.105 e. The fourth-order valence-electron chi connectivity index (χ4n) is 1.08. The standard InChI is InChI=1S/C9H7ClN2S.ClH/c10-8-7(5-13-9(8)11)6-1-3-12-4-2-6;/h1-5H,11H2;1H/p-1. The molecule has 0 spiro atoms. The number of rotatable bonds is 1. The van der Waals surface area contributed by atoms with Crippen molar-refractivity contribution in [3.05, 3.63) is 34.9 Å². The summed E-state index contributed by atoms with van der Waals surface area (Å²) in [4.78, 5) is 3.94. The quantitative estimate of drug-likeness (QED) is 0.772. The van der Waals surface area contributed by atoms with Gasteiger partial charge in [-0.2, -0.15) is 0 Å². The summed E-state index contributed by atoms with van der Waals surface area (Å²) in [6.45, 7) is 0. The second kappa shape index (κ2) is 4.64. The van der Waals surface area contributed by atoms with Crippen LogP contribution in [0, 0.1) is 0 Å². The van der Waals surface area contributed by atoms with Crippen LogP contribution in [-0.4, -0.2) is 4.98 Å². The third-order valence-electron chi connectivity index (χ3n) is 1.75. The molecule has 74 valence electrons. The summed E-state index contributed by atoms with van der Waals surface area (Å²) in [6.07, 6.45) is 3.47. The Kier molecular flexibility index (Phi) is 3.75. The van der Waals surface area contributed by atoms with Gasteiger partial charge in [-0.15, -0.1) is 11.3 Å². The van der Waals surface area contributed by atoms with Crippen LogP contribution in [0.25, 0.3) is 11.1 Å².